The van der Waals surface area contributed by atoms with Crippen LogP contribution in [-0.2, 0) is 14.8 Å². The smallest absolute Gasteiger partial charge is 0.322 e. The fourth-order valence-corrected chi connectivity index (χ4v) is 6.34. The van der Waals surface area contributed by atoms with Gasteiger partial charge in [0.15, 0.2) is 11.6 Å². The van der Waals surface area contributed by atoms with Crippen molar-refractivity contribution in [2.75, 3.05) is 0 Å². The number of hydrogen-bond acceptors (Lipinski definition) is 6. The Bertz CT molecular complexity index is 1330. The van der Waals surface area contributed by atoms with E-state index in [-0.39, 0.29) is 43.2 Å². The minimum atomic E-state index is -4.58. The number of urea groups is 1. The van der Waals surface area contributed by atoms with E-state index in [2.05, 4.69) is 5.32 Å². The highest BCUT2D eigenvalue weighted by atomic mass is 32.2. The van der Waals surface area contributed by atoms with E-state index in [1.807, 2.05) is 6.92 Å². The Hall–Kier alpha value is -3.33. The highest BCUT2D eigenvalue weighted by Gasteiger charge is 2.58. The normalized spacial score (nSPS) is 25.0. The summed E-state index contributed by atoms with van der Waals surface area (Å²) in [5.74, 6) is -1.86. The molecule has 1 saturated heterocycles. The van der Waals surface area contributed by atoms with Crippen LogP contribution in [0.3, 0.4) is 0 Å². The van der Waals surface area contributed by atoms with Gasteiger partial charge in [0.2, 0.25) is 0 Å². The average molecular weight is 452 g/mol. The van der Waals surface area contributed by atoms with Gasteiger partial charge < -0.3 is 5.32 Å². The van der Waals surface area contributed by atoms with Crippen LogP contribution < -0.4 is 5.32 Å². The quantitative estimate of drug-likeness (QED) is 0.598. The minimum Gasteiger partial charge on any atom is -0.322 e. The lowest BCUT2D eigenvalue weighted by Crippen LogP contribution is -2.54. The molecule has 2 atom stereocenters. The zero-order chi connectivity index (χ0) is 22.8. The first-order chi connectivity index (χ1) is 15.2. The average Bonchev–Trinajstić information content (AvgIpc) is 3.04. The number of sulfonamides is 1. The largest absolute Gasteiger partial charge is 0.339 e. The van der Waals surface area contributed by atoms with Crippen molar-refractivity contribution in [2.24, 2.45) is 5.92 Å². The maximum atomic E-state index is 13.4. The van der Waals surface area contributed by atoms with Crippen molar-refractivity contribution in [3.8, 4) is 0 Å². The van der Waals surface area contributed by atoms with Crippen LogP contribution in [-0.4, -0.2) is 41.8 Å². The van der Waals surface area contributed by atoms with E-state index in [4.69, 9.17) is 0 Å². The van der Waals surface area contributed by atoms with Crippen LogP contribution in [0.15, 0.2) is 47.4 Å². The molecule has 1 saturated carbocycles. The van der Waals surface area contributed by atoms with E-state index in [1.165, 1.54) is 12.1 Å². The van der Waals surface area contributed by atoms with Gasteiger partial charge in [-0.15, -0.1) is 4.31 Å². The van der Waals surface area contributed by atoms with Gasteiger partial charge in [0, 0.05) is 22.3 Å². The van der Waals surface area contributed by atoms with Gasteiger partial charge in [0.25, 0.3) is 15.9 Å². The topological polar surface area (TPSA) is 118 Å². The molecule has 1 aliphatic heterocycles. The van der Waals surface area contributed by atoms with Gasteiger partial charge in [-0.3, -0.25) is 14.4 Å². The van der Waals surface area contributed by atoms with Gasteiger partial charge in [-0.1, -0.05) is 44.0 Å². The van der Waals surface area contributed by atoms with Gasteiger partial charge in [-0.05, 0) is 37.0 Å². The Morgan fingerprint density at radius 2 is 1.53 bits per heavy atom. The number of imide groups is 1. The van der Waals surface area contributed by atoms with Crippen LogP contribution in [0.5, 0.6) is 0 Å². The molecule has 2 aromatic rings. The molecule has 1 heterocycles. The van der Waals surface area contributed by atoms with Crippen LogP contribution in [0, 0.1) is 5.92 Å². The van der Waals surface area contributed by atoms with Gasteiger partial charge in [0.1, 0.15) is 5.54 Å². The van der Waals surface area contributed by atoms with Crippen molar-refractivity contribution in [3.05, 3.63) is 64.7 Å². The number of ketones is 2. The van der Waals surface area contributed by atoms with Crippen molar-refractivity contribution in [2.45, 2.75) is 43.0 Å². The number of nitrogens with one attached hydrogen (secondary N) is 1. The Labute approximate surface area is 184 Å². The number of benzene rings is 2. The summed E-state index contributed by atoms with van der Waals surface area (Å²) in [5.41, 5.74) is -0.779. The number of nitrogens with zero attached hydrogens (tertiary/aromatic N) is 1. The number of amides is 3. The lowest BCUT2D eigenvalue weighted by atomic mass is 9.74. The maximum Gasteiger partial charge on any atom is 0.339 e. The minimum absolute atomic E-state index is 0.0671. The zero-order valence-electron chi connectivity index (χ0n) is 17.3. The molecule has 8 nitrogen and oxygen atoms in total. The third kappa shape index (κ3) is 2.63. The summed E-state index contributed by atoms with van der Waals surface area (Å²) in [6.07, 6.45) is 2.69. The number of rotatable bonds is 2. The fourth-order valence-electron chi connectivity index (χ4n) is 4.98. The monoisotopic (exact) mass is 452 g/mol. The summed E-state index contributed by atoms with van der Waals surface area (Å²) in [4.78, 5) is 51.3. The summed E-state index contributed by atoms with van der Waals surface area (Å²) in [5, 5.41) is 2.62. The van der Waals surface area contributed by atoms with Gasteiger partial charge >= 0.3 is 6.03 Å². The van der Waals surface area contributed by atoms with Gasteiger partial charge in [-0.2, -0.15) is 0 Å². The van der Waals surface area contributed by atoms with Crippen molar-refractivity contribution >= 4 is 33.5 Å². The van der Waals surface area contributed by atoms with Crippen LogP contribution in [0.2, 0.25) is 0 Å². The van der Waals surface area contributed by atoms with Crippen molar-refractivity contribution in [1.29, 1.82) is 0 Å². The molecule has 0 bridgehead atoms. The first-order valence-electron chi connectivity index (χ1n) is 10.4. The standard InChI is InChI=1S/C23H20N2O6S/c1-13-6-4-5-11-23(13)21(28)25(22(29)24-23)32(30,31)14-9-10-17-18(12-14)20(27)16-8-3-2-7-15(16)19(17)26/h2-3,7-10,12-13H,4-6,11H2,1H3,(H,24,29). The second-order valence-corrected chi connectivity index (χ2v) is 10.3. The first kappa shape index (κ1) is 20.6. The lowest BCUT2D eigenvalue weighted by molar-refractivity contribution is -0.130. The third-order valence-corrected chi connectivity index (χ3v) is 8.48. The molecule has 164 valence electrons. The number of carbonyl (C=O) groups is 4. The molecule has 5 rings (SSSR count). The SMILES string of the molecule is CC1CCCCC12NC(=O)N(S(=O)(=O)c1ccc3c(c1)C(=O)c1ccccc1C3=O)C2=O. The summed E-state index contributed by atoms with van der Waals surface area (Å²) < 4.78 is 27.0. The molecule has 3 amide bonds. The van der Waals surface area contributed by atoms with Crippen LogP contribution in [0.25, 0.3) is 0 Å². The molecular weight excluding hydrogens is 432 g/mol. The summed E-state index contributed by atoms with van der Waals surface area (Å²) in [6.45, 7) is 1.83. The molecule has 1 spiro atoms. The Kier molecular flexibility index (Phi) is 4.39. The summed E-state index contributed by atoms with van der Waals surface area (Å²) >= 11 is 0. The lowest BCUT2D eigenvalue weighted by Gasteiger charge is -2.36. The second-order valence-electron chi connectivity index (χ2n) is 8.53. The van der Waals surface area contributed by atoms with E-state index in [0.29, 0.717) is 19.3 Å². The maximum absolute atomic E-state index is 13.4. The Morgan fingerprint density at radius 3 is 2.19 bits per heavy atom. The van der Waals surface area contributed by atoms with Crippen LogP contribution >= 0.6 is 0 Å². The molecule has 0 aromatic heterocycles. The Balaban J connectivity index is 1.57. The summed E-state index contributed by atoms with van der Waals surface area (Å²) in [6, 6.07) is 8.82. The van der Waals surface area contributed by atoms with E-state index < -0.39 is 33.3 Å². The van der Waals surface area contributed by atoms with Gasteiger partial charge in [-0.25, -0.2) is 13.2 Å². The zero-order valence-corrected chi connectivity index (χ0v) is 18.1. The highest BCUT2D eigenvalue weighted by molar-refractivity contribution is 7.90. The molecule has 32 heavy (non-hydrogen) atoms. The number of carbonyl (C=O) groups excluding carboxylic acids is 4. The molecule has 2 fully saturated rings. The highest BCUT2D eigenvalue weighted by Crippen LogP contribution is 2.40. The fraction of sp³-hybridized carbons (Fsp3) is 0.304. The number of hydrogen-bond donors (Lipinski definition) is 1. The number of fused-ring (bicyclic) bond motifs is 2. The Morgan fingerprint density at radius 1 is 0.906 bits per heavy atom. The predicted octanol–water partition coefficient (Wildman–Crippen LogP) is 2.65. The molecule has 2 aromatic carbocycles. The molecule has 9 heteroatoms. The second kappa shape index (κ2) is 6.83. The molecule has 1 N–H and O–H groups in total. The van der Waals surface area contributed by atoms with E-state index in [0.717, 1.165) is 18.6 Å². The van der Waals surface area contributed by atoms with E-state index in [1.54, 1.807) is 18.2 Å². The van der Waals surface area contributed by atoms with E-state index in [9.17, 15) is 27.6 Å². The molecule has 3 aliphatic rings. The molecule has 2 aliphatic carbocycles. The van der Waals surface area contributed by atoms with Gasteiger partial charge in [0.05, 0.1) is 4.90 Å². The van der Waals surface area contributed by atoms with Crippen LogP contribution in [0.4, 0.5) is 4.79 Å². The first-order valence-corrected chi connectivity index (χ1v) is 11.9. The summed E-state index contributed by atoms with van der Waals surface area (Å²) in [7, 11) is -4.58. The third-order valence-electron chi connectivity index (χ3n) is 6.81. The van der Waals surface area contributed by atoms with Crippen molar-refractivity contribution in [3.63, 3.8) is 0 Å². The molecule has 0 radical (unpaired) electrons. The molecule has 2 unspecified atom stereocenters. The van der Waals surface area contributed by atoms with Crippen LogP contribution in [0.1, 0.15) is 64.4 Å². The van der Waals surface area contributed by atoms with Crippen molar-refractivity contribution in [1.82, 2.24) is 9.62 Å². The van der Waals surface area contributed by atoms with Crippen molar-refractivity contribution < 1.29 is 27.6 Å². The predicted molar refractivity (Wildman–Crippen MR) is 113 cm³/mol. The van der Waals surface area contributed by atoms with E-state index >= 15 is 0 Å². The molecular formula is C23H20N2O6S.